The van der Waals surface area contributed by atoms with Gasteiger partial charge in [0.15, 0.2) is 0 Å². The molecule has 0 aromatic heterocycles. The Bertz CT molecular complexity index is 1250. The van der Waals surface area contributed by atoms with Crippen LogP contribution in [0.25, 0.3) is 16.7 Å². The van der Waals surface area contributed by atoms with Gasteiger partial charge in [-0.15, -0.1) is 0 Å². The number of aryl methyl sites for hydroxylation is 1. The Labute approximate surface area is 214 Å². The number of amides is 1. The normalized spacial score (nSPS) is 16.5. The fourth-order valence-electron chi connectivity index (χ4n) is 5.18. The van der Waals surface area contributed by atoms with E-state index in [1.807, 2.05) is 54.6 Å². The highest BCUT2D eigenvalue weighted by Crippen LogP contribution is 2.33. The van der Waals surface area contributed by atoms with Gasteiger partial charge < -0.3 is 15.0 Å². The van der Waals surface area contributed by atoms with Crippen LogP contribution in [0, 0.1) is 0 Å². The zero-order chi connectivity index (χ0) is 25.1. The van der Waals surface area contributed by atoms with Crippen molar-refractivity contribution in [1.29, 1.82) is 0 Å². The van der Waals surface area contributed by atoms with Gasteiger partial charge in [0, 0.05) is 44.0 Å². The Kier molecular flexibility index (Phi) is 7.21. The molecule has 3 aromatic carbocycles. The Morgan fingerprint density at radius 3 is 2.22 bits per heavy atom. The molecular formula is C31H35N3O2. The number of rotatable bonds is 6. The summed E-state index contributed by atoms with van der Waals surface area (Å²) in [5.41, 5.74) is 9.27. The third-order valence-corrected chi connectivity index (χ3v) is 7.57. The molecule has 2 aliphatic rings. The van der Waals surface area contributed by atoms with Crippen molar-refractivity contribution >= 4 is 17.2 Å². The zero-order valence-corrected chi connectivity index (χ0v) is 21.5. The first-order chi connectivity index (χ1) is 17.5. The second-order valence-electron chi connectivity index (χ2n) is 9.94. The van der Waals surface area contributed by atoms with Gasteiger partial charge in [-0.05, 0) is 91.0 Å². The molecule has 0 saturated carbocycles. The van der Waals surface area contributed by atoms with Gasteiger partial charge in [-0.1, -0.05) is 35.9 Å². The summed E-state index contributed by atoms with van der Waals surface area (Å²) in [5.74, 6) is 0.742. The van der Waals surface area contributed by atoms with Crippen LogP contribution in [-0.4, -0.2) is 62.6 Å². The Morgan fingerprint density at radius 1 is 0.889 bits per heavy atom. The molecule has 5 nitrogen and oxygen atoms in total. The van der Waals surface area contributed by atoms with Crippen LogP contribution in [0.4, 0.5) is 5.69 Å². The number of hydrogen-bond acceptors (Lipinski definition) is 4. The summed E-state index contributed by atoms with van der Waals surface area (Å²) < 4.78 is 5.23. The first-order valence-electron chi connectivity index (χ1n) is 12.8. The van der Waals surface area contributed by atoms with Crippen LogP contribution in [0.5, 0.6) is 5.75 Å². The van der Waals surface area contributed by atoms with Gasteiger partial charge in [0.1, 0.15) is 5.75 Å². The van der Waals surface area contributed by atoms with E-state index < -0.39 is 0 Å². The first kappa shape index (κ1) is 24.3. The molecule has 1 aliphatic heterocycles. The number of benzene rings is 3. The summed E-state index contributed by atoms with van der Waals surface area (Å²) in [6, 6.07) is 22.0. The number of nitrogens with zero attached hydrogens (tertiary/aromatic N) is 2. The highest BCUT2D eigenvalue weighted by Gasteiger charge is 2.21. The number of likely N-dealkylation sites (N-methyl/N-ethyl adjacent to an activating group) is 1. The Morgan fingerprint density at radius 2 is 1.56 bits per heavy atom. The van der Waals surface area contributed by atoms with Gasteiger partial charge in [-0.25, -0.2) is 0 Å². The number of fused-ring (bicyclic) bond motifs is 1. The summed E-state index contributed by atoms with van der Waals surface area (Å²) in [5, 5.41) is 3.09. The minimum Gasteiger partial charge on any atom is -0.497 e. The second kappa shape index (κ2) is 10.7. The Balaban J connectivity index is 1.24. The molecule has 36 heavy (non-hydrogen) atoms. The maximum absolute atomic E-state index is 12.9. The average Bonchev–Trinajstić information content (AvgIpc) is 2.91. The molecule has 0 unspecified atom stereocenters. The van der Waals surface area contributed by atoms with Gasteiger partial charge in [0.25, 0.3) is 5.91 Å². The van der Waals surface area contributed by atoms with Crippen LogP contribution in [0.3, 0.4) is 0 Å². The smallest absolute Gasteiger partial charge is 0.255 e. The van der Waals surface area contributed by atoms with Crippen LogP contribution >= 0.6 is 0 Å². The van der Waals surface area contributed by atoms with Crippen LogP contribution < -0.4 is 10.1 Å². The summed E-state index contributed by atoms with van der Waals surface area (Å²) in [4.78, 5) is 17.9. The summed E-state index contributed by atoms with van der Waals surface area (Å²) >= 11 is 0. The molecule has 0 bridgehead atoms. The topological polar surface area (TPSA) is 44.8 Å². The quantitative estimate of drug-likeness (QED) is 0.499. The number of ether oxygens (including phenoxy) is 1. The van der Waals surface area contributed by atoms with E-state index in [0.717, 1.165) is 68.1 Å². The van der Waals surface area contributed by atoms with Gasteiger partial charge in [-0.2, -0.15) is 0 Å². The molecule has 1 N–H and O–H groups in total. The number of anilines is 1. The molecule has 1 amide bonds. The first-order valence-corrected chi connectivity index (χ1v) is 12.8. The molecular weight excluding hydrogens is 446 g/mol. The molecule has 0 atom stereocenters. The van der Waals surface area contributed by atoms with Gasteiger partial charge in [-0.3, -0.25) is 9.69 Å². The van der Waals surface area contributed by atoms with E-state index in [1.165, 1.54) is 16.7 Å². The van der Waals surface area contributed by atoms with E-state index in [9.17, 15) is 4.79 Å². The summed E-state index contributed by atoms with van der Waals surface area (Å²) in [7, 11) is 3.86. The van der Waals surface area contributed by atoms with Crippen molar-refractivity contribution < 1.29 is 9.53 Å². The van der Waals surface area contributed by atoms with Crippen LogP contribution in [-0.2, 0) is 6.42 Å². The van der Waals surface area contributed by atoms with E-state index in [-0.39, 0.29) is 5.91 Å². The maximum Gasteiger partial charge on any atom is 0.255 e. The van der Waals surface area contributed by atoms with E-state index in [2.05, 4.69) is 41.2 Å². The highest BCUT2D eigenvalue weighted by atomic mass is 16.5. The van der Waals surface area contributed by atoms with Crippen molar-refractivity contribution in [2.45, 2.75) is 19.8 Å². The third-order valence-electron chi connectivity index (χ3n) is 7.57. The minimum absolute atomic E-state index is 0.0879. The van der Waals surface area contributed by atoms with E-state index in [0.29, 0.717) is 5.56 Å². The van der Waals surface area contributed by atoms with E-state index in [1.54, 1.807) is 12.7 Å². The molecule has 186 valence electrons. The lowest BCUT2D eigenvalue weighted by Crippen LogP contribution is -2.45. The molecule has 5 heteroatoms. The fraction of sp³-hybridized carbons (Fsp3) is 0.323. The third kappa shape index (κ3) is 5.38. The maximum atomic E-state index is 12.9. The largest absolute Gasteiger partial charge is 0.497 e. The molecule has 0 radical (unpaired) electrons. The molecule has 1 fully saturated rings. The zero-order valence-electron chi connectivity index (χ0n) is 21.5. The van der Waals surface area contributed by atoms with Crippen molar-refractivity contribution in [3.05, 3.63) is 89.0 Å². The van der Waals surface area contributed by atoms with Crippen molar-refractivity contribution in [3.63, 3.8) is 0 Å². The van der Waals surface area contributed by atoms with Crippen molar-refractivity contribution in [2.24, 2.45) is 0 Å². The molecule has 1 saturated heterocycles. The lowest BCUT2D eigenvalue weighted by Gasteiger charge is -2.34. The van der Waals surface area contributed by atoms with Crippen molar-refractivity contribution in [2.75, 3.05) is 52.2 Å². The van der Waals surface area contributed by atoms with Gasteiger partial charge in [0.2, 0.25) is 0 Å². The molecule has 1 heterocycles. The number of methoxy groups -OCH3 is 1. The number of piperazine rings is 1. The van der Waals surface area contributed by atoms with Crippen molar-refractivity contribution in [1.82, 2.24) is 9.80 Å². The van der Waals surface area contributed by atoms with Crippen molar-refractivity contribution in [3.8, 4) is 16.9 Å². The average molecular weight is 482 g/mol. The molecule has 0 spiro atoms. The number of hydrogen-bond donors (Lipinski definition) is 1. The fourth-order valence-corrected chi connectivity index (χ4v) is 5.18. The number of carbonyl (C=O) groups excluding carboxylic acids is 1. The lowest BCUT2D eigenvalue weighted by atomic mass is 9.85. The van der Waals surface area contributed by atoms with Crippen LogP contribution in [0.1, 0.15) is 34.8 Å². The summed E-state index contributed by atoms with van der Waals surface area (Å²) in [6.07, 6.45) is 2.12. The van der Waals surface area contributed by atoms with Crippen LogP contribution in [0.15, 0.2) is 72.3 Å². The SMILES string of the molecule is COc1ccc(-c2ccc(C(=O)Nc3ccc4c(c3)CCC(CN3CCN(C)CC3)=C4C)cc2)cc1. The second-order valence-corrected chi connectivity index (χ2v) is 9.94. The Hall–Kier alpha value is -3.41. The monoisotopic (exact) mass is 481 g/mol. The van der Waals surface area contributed by atoms with Gasteiger partial charge in [0.05, 0.1) is 7.11 Å². The number of nitrogens with one attached hydrogen (secondary N) is 1. The molecule has 1 aliphatic carbocycles. The number of carbonyl (C=O) groups is 1. The lowest BCUT2D eigenvalue weighted by molar-refractivity contribution is 0.102. The standard InChI is InChI=1S/C31H35N3O2/c1-22-27(21-34-18-16-33(2)17-19-34)9-8-26-20-28(12-15-30(22)26)32-31(35)25-6-4-23(5-7-25)24-10-13-29(36-3)14-11-24/h4-7,10-15,20H,8-9,16-19,21H2,1-3H3,(H,32,35). The van der Waals surface area contributed by atoms with E-state index in [4.69, 9.17) is 4.74 Å². The van der Waals surface area contributed by atoms with Crippen LogP contribution in [0.2, 0.25) is 0 Å². The predicted octanol–water partition coefficient (Wildman–Crippen LogP) is 5.58. The van der Waals surface area contributed by atoms with Gasteiger partial charge >= 0.3 is 0 Å². The minimum atomic E-state index is -0.0879. The molecule has 3 aromatic rings. The molecule has 5 rings (SSSR count). The predicted molar refractivity (Wildman–Crippen MR) is 148 cm³/mol. The summed E-state index contributed by atoms with van der Waals surface area (Å²) in [6.45, 7) is 7.92. The number of allylic oxidation sites excluding steroid dienone is 1. The van der Waals surface area contributed by atoms with E-state index >= 15 is 0 Å². The highest BCUT2D eigenvalue weighted by molar-refractivity contribution is 6.04.